The van der Waals surface area contributed by atoms with E-state index >= 15 is 0 Å². The number of fused-ring (bicyclic) bond motifs is 1. The van der Waals surface area contributed by atoms with E-state index in [9.17, 15) is 0 Å². The Morgan fingerprint density at radius 1 is 1.31 bits per heavy atom. The number of aromatic nitrogens is 1. The predicted octanol–water partition coefficient (Wildman–Crippen LogP) is 1.20. The fraction of sp³-hybridized carbons (Fsp3) is 0.333. The van der Waals surface area contributed by atoms with Crippen LogP contribution in [0.15, 0.2) is 30.5 Å². The fourth-order valence-corrected chi connectivity index (χ4v) is 2.11. The second kappa shape index (κ2) is 4.25. The Labute approximate surface area is 95.6 Å². The summed E-state index contributed by atoms with van der Waals surface area (Å²) in [4.78, 5) is 2.06. The number of benzene rings is 1. The van der Waals surface area contributed by atoms with Crippen LogP contribution in [0.2, 0.25) is 0 Å². The first-order chi connectivity index (χ1) is 7.65. The molecule has 0 aliphatic rings. The quantitative estimate of drug-likeness (QED) is 0.462. The number of nitrogens with one attached hydrogen (secondary N) is 1. The second-order valence-electron chi connectivity index (χ2n) is 4.25. The van der Waals surface area contributed by atoms with Gasteiger partial charge < -0.3 is 4.57 Å². The lowest BCUT2D eigenvalue weighted by Gasteiger charge is -2.22. The summed E-state index contributed by atoms with van der Waals surface area (Å²) in [5.41, 5.74) is 5.26. The molecule has 1 atom stereocenters. The molecule has 1 aromatic carbocycles. The zero-order chi connectivity index (χ0) is 11.7. The van der Waals surface area contributed by atoms with E-state index in [2.05, 4.69) is 46.3 Å². The average molecular weight is 218 g/mol. The van der Waals surface area contributed by atoms with Gasteiger partial charge in [-0.25, -0.2) is 5.43 Å². The molecule has 86 valence electrons. The van der Waals surface area contributed by atoms with Gasteiger partial charge in [-0.05, 0) is 20.2 Å². The van der Waals surface area contributed by atoms with Crippen LogP contribution in [-0.4, -0.2) is 23.6 Å². The van der Waals surface area contributed by atoms with Crippen molar-refractivity contribution in [2.24, 2.45) is 12.9 Å². The predicted molar refractivity (Wildman–Crippen MR) is 66.7 cm³/mol. The van der Waals surface area contributed by atoms with Crippen LogP contribution in [0.5, 0.6) is 0 Å². The highest BCUT2D eigenvalue weighted by Gasteiger charge is 2.17. The van der Waals surface area contributed by atoms with Crippen molar-refractivity contribution < 1.29 is 0 Å². The minimum Gasteiger partial charge on any atom is -0.350 e. The van der Waals surface area contributed by atoms with Crippen molar-refractivity contribution in [3.8, 4) is 0 Å². The van der Waals surface area contributed by atoms with Crippen molar-refractivity contribution in [2.75, 3.05) is 14.1 Å². The first-order valence-electron chi connectivity index (χ1n) is 5.31. The molecule has 0 aliphatic carbocycles. The highest BCUT2D eigenvalue weighted by atomic mass is 15.4. The van der Waals surface area contributed by atoms with E-state index < -0.39 is 0 Å². The molecule has 16 heavy (non-hydrogen) atoms. The monoisotopic (exact) mass is 218 g/mol. The fourth-order valence-electron chi connectivity index (χ4n) is 2.11. The van der Waals surface area contributed by atoms with Crippen LogP contribution in [-0.2, 0) is 7.05 Å². The Kier molecular flexibility index (Phi) is 2.96. The maximum absolute atomic E-state index is 5.61. The van der Waals surface area contributed by atoms with Crippen LogP contribution < -0.4 is 11.3 Å². The van der Waals surface area contributed by atoms with Crippen molar-refractivity contribution >= 4 is 10.9 Å². The maximum atomic E-state index is 5.61. The lowest BCUT2D eigenvalue weighted by molar-refractivity contribution is 0.254. The van der Waals surface area contributed by atoms with E-state index in [1.165, 1.54) is 16.5 Å². The number of hydrogen-bond acceptors (Lipinski definition) is 3. The van der Waals surface area contributed by atoms with Crippen LogP contribution in [0.25, 0.3) is 10.9 Å². The average Bonchev–Trinajstić information content (AvgIpc) is 2.58. The Balaban J connectivity index is 2.60. The molecule has 0 spiro atoms. The molecule has 3 N–H and O–H groups in total. The van der Waals surface area contributed by atoms with Gasteiger partial charge in [0.15, 0.2) is 0 Å². The van der Waals surface area contributed by atoms with Gasteiger partial charge in [-0.1, -0.05) is 18.2 Å². The molecule has 0 saturated carbocycles. The topological polar surface area (TPSA) is 46.2 Å². The minimum absolute atomic E-state index is 0.0334. The molecule has 1 heterocycles. The van der Waals surface area contributed by atoms with Crippen molar-refractivity contribution in [3.05, 3.63) is 36.0 Å². The molecule has 0 saturated heterocycles. The summed E-state index contributed by atoms with van der Waals surface area (Å²) in [5.74, 6) is 5.61. The molecule has 2 rings (SSSR count). The first kappa shape index (κ1) is 11.1. The molecule has 2 aromatic rings. The summed E-state index contributed by atoms with van der Waals surface area (Å²) in [5, 5.41) is 1.24. The van der Waals surface area contributed by atoms with E-state index in [4.69, 9.17) is 5.84 Å². The van der Waals surface area contributed by atoms with Crippen LogP contribution in [0.3, 0.4) is 0 Å². The Bertz CT molecular complexity index is 487. The number of aryl methyl sites for hydroxylation is 1. The van der Waals surface area contributed by atoms with Gasteiger partial charge in [0, 0.05) is 29.7 Å². The van der Waals surface area contributed by atoms with Gasteiger partial charge in [0.05, 0.1) is 0 Å². The van der Waals surface area contributed by atoms with Gasteiger partial charge in [0.2, 0.25) is 0 Å². The minimum atomic E-state index is 0.0334. The number of hydrazine groups is 1. The summed E-state index contributed by atoms with van der Waals surface area (Å²) in [6.07, 6.45) is 2.15. The highest BCUT2D eigenvalue weighted by molar-refractivity contribution is 5.84. The molecule has 1 unspecified atom stereocenters. The molecule has 0 amide bonds. The van der Waals surface area contributed by atoms with Gasteiger partial charge in [0.1, 0.15) is 6.17 Å². The molecule has 0 fully saturated rings. The normalized spacial score (nSPS) is 13.6. The zero-order valence-corrected chi connectivity index (χ0v) is 9.94. The molecule has 4 heteroatoms. The van der Waals surface area contributed by atoms with E-state index in [1.54, 1.807) is 0 Å². The van der Waals surface area contributed by atoms with Gasteiger partial charge in [-0.3, -0.25) is 10.7 Å². The zero-order valence-electron chi connectivity index (χ0n) is 9.94. The molecule has 1 aromatic heterocycles. The van der Waals surface area contributed by atoms with Gasteiger partial charge in [-0.15, -0.1) is 0 Å². The van der Waals surface area contributed by atoms with Gasteiger partial charge in [-0.2, -0.15) is 0 Å². The standard InChI is InChI=1S/C12H18N4/c1-15(2)12(14-13)10-8-16(3)11-7-5-4-6-9(10)11/h4-8,12,14H,13H2,1-3H3. The Morgan fingerprint density at radius 3 is 2.62 bits per heavy atom. The van der Waals surface area contributed by atoms with Crippen LogP contribution in [0, 0.1) is 0 Å². The molecular weight excluding hydrogens is 200 g/mol. The van der Waals surface area contributed by atoms with E-state index in [-0.39, 0.29) is 6.17 Å². The third kappa shape index (κ3) is 1.71. The molecular formula is C12H18N4. The molecule has 0 aliphatic heterocycles. The van der Waals surface area contributed by atoms with E-state index in [1.807, 2.05) is 20.2 Å². The third-order valence-electron chi connectivity index (χ3n) is 2.90. The lowest BCUT2D eigenvalue weighted by Crippen LogP contribution is -2.37. The third-order valence-corrected chi connectivity index (χ3v) is 2.90. The Hall–Kier alpha value is -1.36. The molecule has 0 radical (unpaired) electrons. The largest absolute Gasteiger partial charge is 0.350 e. The van der Waals surface area contributed by atoms with Crippen LogP contribution >= 0.6 is 0 Å². The van der Waals surface area contributed by atoms with Crippen LogP contribution in [0.1, 0.15) is 11.7 Å². The summed E-state index contributed by atoms with van der Waals surface area (Å²) in [6.45, 7) is 0. The Morgan fingerprint density at radius 2 is 2.00 bits per heavy atom. The van der Waals surface area contributed by atoms with Crippen molar-refractivity contribution in [3.63, 3.8) is 0 Å². The van der Waals surface area contributed by atoms with E-state index in [0.29, 0.717) is 0 Å². The summed E-state index contributed by atoms with van der Waals surface area (Å²) in [7, 11) is 6.06. The summed E-state index contributed by atoms with van der Waals surface area (Å²) in [6, 6.07) is 8.34. The van der Waals surface area contributed by atoms with E-state index in [0.717, 1.165) is 0 Å². The van der Waals surface area contributed by atoms with Gasteiger partial charge in [0.25, 0.3) is 0 Å². The molecule has 4 nitrogen and oxygen atoms in total. The highest BCUT2D eigenvalue weighted by Crippen LogP contribution is 2.26. The summed E-state index contributed by atoms with van der Waals surface area (Å²) < 4.78 is 2.12. The number of rotatable bonds is 3. The number of nitrogens with zero attached hydrogens (tertiary/aromatic N) is 2. The molecule has 0 bridgehead atoms. The van der Waals surface area contributed by atoms with Crippen molar-refractivity contribution in [1.82, 2.24) is 14.9 Å². The maximum Gasteiger partial charge on any atom is 0.100 e. The number of nitrogens with two attached hydrogens (primary N) is 1. The first-order valence-corrected chi connectivity index (χ1v) is 5.31. The second-order valence-corrected chi connectivity index (χ2v) is 4.25. The SMILES string of the molecule is CN(C)C(NN)c1cn(C)c2ccccc12. The lowest BCUT2D eigenvalue weighted by atomic mass is 10.1. The number of para-hydroxylation sites is 1. The summed E-state index contributed by atoms with van der Waals surface area (Å²) >= 11 is 0. The van der Waals surface area contributed by atoms with Crippen LogP contribution in [0.4, 0.5) is 0 Å². The smallest absolute Gasteiger partial charge is 0.100 e. The van der Waals surface area contributed by atoms with Gasteiger partial charge >= 0.3 is 0 Å². The number of hydrogen-bond donors (Lipinski definition) is 2. The van der Waals surface area contributed by atoms with Crippen molar-refractivity contribution in [2.45, 2.75) is 6.17 Å². The van der Waals surface area contributed by atoms with Crippen molar-refractivity contribution in [1.29, 1.82) is 0 Å².